The first-order valence-electron chi connectivity index (χ1n) is 0.928. The Kier molecular flexibility index (Phi) is 24.9. The zero-order chi connectivity index (χ0) is 3.58. The number of hydrogen-bond acceptors (Lipinski definition) is 1. The normalized spacial score (nSPS) is 4.17. The molecule has 0 spiro atoms. The molecule has 0 aliphatic carbocycles. The summed E-state index contributed by atoms with van der Waals surface area (Å²) in [6, 6.07) is 0. The van der Waals surface area contributed by atoms with Gasteiger partial charge in [0.15, 0.2) is 0 Å². The van der Waals surface area contributed by atoms with Crippen LogP contribution < -0.4 is 0 Å². The summed E-state index contributed by atoms with van der Waals surface area (Å²) in [5.41, 5.74) is 0. The quantitative estimate of drug-likeness (QED) is 0.387. The van der Waals surface area contributed by atoms with E-state index in [1.165, 1.54) is 0 Å². The van der Waals surface area contributed by atoms with Gasteiger partial charge in [0.1, 0.15) is 0 Å². The molecule has 0 atom stereocenters. The van der Waals surface area contributed by atoms with E-state index in [4.69, 9.17) is 9.90 Å². The van der Waals surface area contributed by atoms with E-state index in [0.717, 1.165) is 6.92 Å². The van der Waals surface area contributed by atoms with Crippen molar-refractivity contribution < 1.29 is 9.90 Å². The second kappa shape index (κ2) is 9.53. The summed E-state index contributed by atoms with van der Waals surface area (Å²) in [7, 11) is 0. The second-order valence-corrected chi connectivity index (χ2v) is 0.519. The van der Waals surface area contributed by atoms with Crippen LogP contribution in [0.4, 0.5) is 0 Å². The van der Waals surface area contributed by atoms with Crippen LogP contribution in [-0.2, 0) is 4.79 Å². The number of aliphatic carboxylic acids is 1. The van der Waals surface area contributed by atoms with Crippen LogP contribution in [0.25, 0.3) is 0 Å². The molecule has 30 valence electrons. The van der Waals surface area contributed by atoms with E-state index in [-0.39, 0.29) is 52.6 Å². The van der Waals surface area contributed by atoms with Crippen LogP contribution in [0.1, 0.15) is 6.92 Å². The Labute approximate surface area is 74.7 Å². The maximum atomic E-state index is 9.00. The molecule has 4 heteroatoms. The Morgan fingerprint density at radius 2 is 1.67 bits per heavy atom. The van der Waals surface area contributed by atoms with Crippen LogP contribution in [0.3, 0.4) is 0 Å². The summed E-state index contributed by atoms with van der Waals surface area (Å²) in [6.45, 7) is 1.08. The van der Waals surface area contributed by atoms with Crippen molar-refractivity contribution in [1.29, 1.82) is 0 Å². The molecule has 0 aliphatic rings. The fourth-order valence-corrected chi connectivity index (χ4v) is 0. The second-order valence-electron chi connectivity index (χ2n) is 0.519. The van der Waals surface area contributed by atoms with Crippen LogP contribution in [0, 0.1) is 0 Å². The zero-order valence-corrected chi connectivity index (χ0v) is 2.36. The third-order valence-corrected chi connectivity index (χ3v) is 0. The van der Waals surface area contributed by atoms with Crippen molar-refractivity contribution in [3.63, 3.8) is 0 Å². The molecule has 0 saturated carbocycles. The number of carboxylic acid groups (broad SMARTS) is 1. The van der Waals surface area contributed by atoms with Gasteiger partial charge in [-0.15, -0.1) is 0 Å². The number of carbonyl (C=O) groups is 1. The first-order valence-corrected chi connectivity index (χ1v) is 0.928. The van der Waals surface area contributed by atoms with E-state index in [0.29, 0.717) is 0 Å². The Hall–Kier alpha value is 1.24. The molecular formula is C2H7MgNaO2. The van der Waals surface area contributed by atoms with E-state index in [2.05, 4.69) is 0 Å². The average Bonchev–Trinajstić information content (AvgIpc) is 0.811. The molecule has 0 aromatic heterocycles. The molecule has 2 nitrogen and oxygen atoms in total. The van der Waals surface area contributed by atoms with Crippen molar-refractivity contribution in [2.75, 3.05) is 0 Å². The van der Waals surface area contributed by atoms with Gasteiger partial charge in [-0.05, 0) is 0 Å². The van der Waals surface area contributed by atoms with Gasteiger partial charge in [0, 0.05) is 6.92 Å². The van der Waals surface area contributed by atoms with Gasteiger partial charge in [-0.3, -0.25) is 4.79 Å². The van der Waals surface area contributed by atoms with Crippen molar-refractivity contribution in [3.05, 3.63) is 0 Å². The van der Waals surface area contributed by atoms with Gasteiger partial charge in [-0.1, -0.05) is 0 Å². The standard InChI is InChI=1S/C2H4O2.Mg.Na.3H/c1-2(3)4;;;;;/h1H3,(H,3,4);;;;;. The predicted molar refractivity (Wildman–Crippen MR) is 29.0 cm³/mol. The zero-order valence-electron chi connectivity index (χ0n) is 2.36. The van der Waals surface area contributed by atoms with Gasteiger partial charge in [0.2, 0.25) is 0 Å². The summed E-state index contributed by atoms with van der Waals surface area (Å²) < 4.78 is 0. The minimum atomic E-state index is -0.833. The van der Waals surface area contributed by atoms with Gasteiger partial charge in [0.05, 0.1) is 0 Å². The molecule has 0 bridgehead atoms. The average molecular weight is 110 g/mol. The molecule has 0 amide bonds. The monoisotopic (exact) mass is 110 g/mol. The fraction of sp³-hybridized carbons (Fsp3) is 0.500. The SMILES string of the molecule is CC(=O)O.[MgH2].[NaH]. The fourth-order valence-electron chi connectivity index (χ4n) is 0. The van der Waals surface area contributed by atoms with E-state index >= 15 is 0 Å². The molecule has 0 aliphatic heterocycles. The molecular weight excluding hydrogens is 103 g/mol. The van der Waals surface area contributed by atoms with Crippen molar-refractivity contribution >= 4 is 58.6 Å². The molecule has 0 rings (SSSR count). The molecule has 0 radical (unpaired) electrons. The van der Waals surface area contributed by atoms with Crippen LogP contribution in [0.5, 0.6) is 0 Å². The molecule has 0 saturated heterocycles. The number of rotatable bonds is 0. The Balaban J connectivity index is -0.0000000450. The van der Waals surface area contributed by atoms with Crippen LogP contribution in [-0.4, -0.2) is 63.7 Å². The van der Waals surface area contributed by atoms with Gasteiger partial charge < -0.3 is 5.11 Å². The van der Waals surface area contributed by atoms with Crippen LogP contribution in [0.15, 0.2) is 0 Å². The number of carboxylic acids is 1. The van der Waals surface area contributed by atoms with E-state index in [9.17, 15) is 0 Å². The van der Waals surface area contributed by atoms with Gasteiger partial charge in [-0.2, -0.15) is 0 Å². The van der Waals surface area contributed by atoms with Gasteiger partial charge in [0.25, 0.3) is 5.97 Å². The first kappa shape index (κ1) is 15.7. The third kappa shape index (κ3) is 61.5. The van der Waals surface area contributed by atoms with E-state index in [1.807, 2.05) is 0 Å². The molecule has 0 fully saturated rings. The Morgan fingerprint density at radius 1 is 1.67 bits per heavy atom. The van der Waals surface area contributed by atoms with Crippen molar-refractivity contribution in [3.8, 4) is 0 Å². The Morgan fingerprint density at radius 3 is 1.67 bits per heavy atom. The van der Waals surface area contributed by atoms with Crippen molar-refractivity contribution in [1.82, 2.24) is 0 Å². The molecule has 0 heterocycles. The summed E-state index contributed by atoms with van der Waals surface area (Å²) in [5, 5.41) is 7.42. The molecule has 0 unspecified atom stereocenters. The van der Waals surface area contributed by atoms with E-state index < -0.39 is 5.97 Å². The van der Waals surface area contributed by atoms with Crippen LogP contribution in [0.2, 0.25) is 0 Å². The summed E-state index contributed by atoms with van der Waals surface area (Å²) in [4.78, 5) is 9.00. The van der Waals surface area contributed by atoms with Gasteiger partial charge in [-0.25, -0.2) is 0 Å². The van der Waals surface area contributed by atoms with Crippen molar-refractivity contribution in [2.24, 2.45) is 0 Å². The molecule has 1 N–H and O–H groups in total. The maximum absolute atomic E-state index is 9.00. The summed E-state index contributed by atoms with van der Waals surface area (Å²) in [5.74, 6) is -0.833. The Bertz CT molecular complexity index is 34.5. The molecule has 6 heavy (non-hydrogen) atoms. The predicted octanol–water partition coefficient (Wildman–Crippen LogP) is -1.47. The van der Waals surface area contributed by atoms with E-state index in [1.54, 1.807) is 0 Å². The molecule has 0 aromatic carbocycles. The minimum absolute atomic E-state index is 0. The van der Waals surface area contributed by atoms with Gasteiger partial charge >= 0.3 is 52.6 Å². The third-order valence-electron chi connectivity index (χ3n) is 0. The summed E-state index contributed by atoms with van der Waals surface area (Å²) in [6.07, 6.45) is 0. The summed E-state index contributed by atoms with van der Waals surface area (Å²) >= 11 is 0. The van der Waals surface area contributed by atoms with Crippen LogP contribution >= 0.6 is 0 Å². The van der Waals surface area contributed by atoms with Crippen molar-refractivity contribution in [2.45, 2.75) is 6.92 Å². The molecule has 0 aromatic rings. The topological polar surface area (TPSA) is 37.3 Å². The number of hydrogen-bond donors (Lipinski definition) is 1. The first-order chi connectivity index (χ1) is 1.73.